The number of hydrogen-bond acceptors (Lipinski definition) is 4. The standard InChI is InChI=1S/C21H27N3O3/c1-16(21(26)22-15-17-5-3-4-6-20(17)27-2)23-11-13-24(14-12-23)18-7-9-19(25)10-8-18/h3-10,16,25H,11-15H2,1-2H3,(H,22,26)/p+1/t16-/m1/s1. The third kappa shape index (κ3) is 4.71. The van der Waals surface area contributed by atoms with Crippen molar-refractivity contribution in [2.45, 2.75) is 19.5 Å². The van der Waals surface area contributed by atoms with Gasteiger partial charge in [0.05, 0.1) is 33.3 Å². The minimum atomic E-state index is -0.0957. The Morgan fingerprint density at radius 2 is 1.85 bits per heavy atom. The van der Waals surface area contributed by atoms with E-state index in [4.69, 9.17) is 4.74 Å². The maximum absolute atomic E-state index is 12.6. The van der Waals surface area contributed by atoms with Gasteiger partial charge in [-0.15, -0.1) is 0 Å². The molecule has 6 heteroatoms. The van der Waals surface area contributed by atoms with E-state index in [2.05, 4.69) is 10.2 Å². The summed E-state index contributed by atoms with van der Waals surface area (Å²) in [5.74, 6) is 1.14. The number of carbonyl (C=O) groups is 1. The first-order chi connectivity index (χ1) is 13.1. The molecule has 3 rings (SSSR count). The van der Waals surface area contributed by atoms with Crippen molar-refractivity contribution in [2.24, 2.45) is 0 Å². The van der Waals surface area contributed by atoms with Crippen LogP contribution >= 0.6 is 0 Å². The molecule has 1 aliphatic rings. The van der Waals surface area contributed by atoms with Gasteiger partial charge in [0.15, 0.2) is 6.04 Å². The molecule has 3 N–H and O–H groups in total. The zero-order valence-corrected chi connectivity index (χ0v) is 15.9. The quantitative estimate of drug-likeness (QED) is 0.704. The molecule has 0 aliphatic carbocycles. The molecule has 1 heterocycles. The van der Waals surface area contributed by atoms with E-state index in [1.165, 1.54) is 4.90 Å². The lowest BCUT2D eigenvalue weighted by molar-refractivity contribution is -0.914. The Labute approximate surface area is 160 Å². The van der Waals surface area contributed by atoms with E-state index in [9.17, 15) is 9.90 Å². The molecule has 1 atom stereocenters. The Balaban J connectivity index is 1.50. The number of para-hydroxylation sites is 1. The van der Waals surface area contributed by atoms with Gasteiger partial charge in [-0.3, -0.25) is 4.79 Å². The summed E-state index contributed by atoms with van der Waals surface area (Å²) in [6.45, 7) is 6.06. The van der Waals surface area contributed by atoms with Gasteiger partial charge in [-0.25, -0.2) is 0 Å². The van der Waals surface area contributed by atoms with Gasteiger partial charge >= 0.3 is 0 Å². The van der Waals surface area contributed by atoms with Crippen LogP contribution < -0.4 is 19.9 Å². The van der Waals surface area contributed by atoms with Crippen molar-refractivity contribution in [3.05, 3.63) is 54.1 Å². The number of piperazine rings is 1. The summed E-state index contributed by atoms with van der Waals surface area (Å²) < 4.78 is 5.34. The van der Waals surface area contributed by atoms with Crippen LogP contribution in [0.15, 0.2) is 48.5 Å². The highest BCUT2D eigenvalue weighted by Crippen LogP contribution is 2.18. The number of nitrogens with zero attached hydrogens (tertiary/aromatic N) is 1. The fourth-order valence-corrected chi connectivity index (χ4v) is 3.52. The summed E-state index contributed by atoms with van der Waals surface area (Å²) in [5, 5.41) is 12.5. The van der Waals surface area contributed by atoms with Crippen molar-refractivity contribution in [2.75, 3.05) is 38.2 Å². The van der Waals surface area contributed by atoms with Crippen LogP contribution in [-0.2, 0) is 11.3 Å². The number of hydrogen-bond donors (Lipinski definition) is 3. The Morgan fingerprint density at radius 3 is 2.52 bits per heavy atom. The molecule has 0 aromatic heterocycles. The van der Waals surface area contributed by atoms with E-state index < -0.39 is 0 Å². The number of anilines is 1. The van der Waals surface area contributed by atoms with E-state index in [1.807, 2.05) is 43.3 Å². The lowest BCUT2D eigenvalue weighted by atomic mass is 10.1. The van der Waals surface area contributed by atoms with Gasteiger partial charge < -0.3 is 25.0 Å². The summed E-state index contributed by atoms with van der Waals surface area (Å²) in [5.41, 5.74) is 2.09. The van der Waals surface area contributed by atoms with Crippen LogP contribution in [0.1, 0.15) is 12.5 Å². The molecule has 0 spiro atoms. The number of phenols is 1. The molecule has 2 aromatic carbocycles. The molecule has 1 fully saturated rings. The molecule has 1 aliphatic heterocycles. The van der Waals surface area contributed by atoms with Gasteiger partial charge in [0, 0.05) is 17.8 Å². The van der Waals surface area contributed by atoms with Gasteiger partial charge in [0.1, 0.15) is 11.5 Å². The molecular weight excluding hydrogens is 342 g/mol. The predicted molar refractivity (Wildman–Crippen MR) is 105 cm³/mol. The van der Waals surface area contributed by atoms with Gasteiger partial charge in [0.2, 0.25) is 0 Å². The average Bonchev–Trinajstić information content (AvgIpc) is 2.72. The minimum Gasteiger partial charge on any atom is -0.508 e. The molecule has 1 saturated heterocycles. The largest absolute Gasteiger partial charge is 0.508 e. The number of benzene rings is 2. The number of methoxy groups -OCH3 is 1. The maximum Gasteiger partial charge on any atom is 0.278 e. The Bertz CT molecular complexity index is 756. The first-order valence-electron chi connectivity index (χ1n) is 9.36. The second-order valence-corrected chi connectivity index (χ2v) is 6.91. The molecule has 6 nitrogen and oxygen atoms in total. The Kier molecular flexibility index (Phi) is 6.19. The van der Waals surface area contributed by atoms with Crippen LogP contribution in [0.2, 0.25) is 0 Å². The second kappa shape index (κ2) is 8.77. The highest BCUT2D eigenvalue weighted by atomic mass is 16.5. The molecule has 1 amide bonds. The van der Waals surface area contributed by atoms with Gasteiger partial charge in [-0.1, -0.05) is 18.2 Å². The molecule has 0 bridgehead atoms. The number of ether oxygens (including phenoxy) is 1. The number of carbonyl (C=O) groups excluding carboxylic acids is 1. The zero-order chi connectivity index (χ0) is 19.2. The van der Waals surface area contributed by atoms with Crippen LogP contribution in [0.25, 0.3) is 0 Å². The van der Waals surface area contributed by atoms with Crippen LogP contribution in [0.3, 0.4) is 0 Å². The van der Waals surface area contributed by atoms with Crippen molar-refractivity contribution in [3.8, 4) is 11.5 Å². The number of aromatic hydroxyl groups is 1. The summed E-state index contributed by atoms with van der Waals surface area (Å²) in [6, 6.07) is 14.9. The van der Waals surface area contributed by atoms with Crippen LogP contribution in [0.5, 0.6) is 11.5 Å². The van der Waals surface area contributed by atoms with Crippen molar-refractivity contribution in [1.82, 2.24) is 5.32 Å². The number of phenolic OH excluding ortho intramolecular Hbond substituents is 1. The number of quaternary nitrogens is 1. The third-order valence-electron chi connectivity index (χ3n) is 5.27. The van der Waals surface area contributed by atoms with Crippen LogP contribution in [-0.4, -0.2) is 50.3 Å². The minimum absolute atomic E-state index is 0.0639. The topological polar surface area (TPSA) is 66.2 Å². The van der Waals surface area contributed by atoms with Gasteiger partial charge in [-0.2, -0.15) is 0 Å². The summed E-state index contributed by atoms with van der Waals surface area (Å²) in [4.78, 5) is 16.2. The van der Waals surface area contributed by atoms with E-state index in [1.54, 1.807) is 19.2 Å². The number of rotatable bonds is 6. The first-order valence-corrected chi connectivity index (χ1v) is 9.36. The molecule has 27 heavy (non-hydrogen) atoms. The second-order valence-electron chi connectivity index (χ2n) is 6.91. The summed E-state index contributed by atoms with van der Waals surface area (Å²) in [7, 11) is 1.64. The van der Waals surface area contributed by atoms with E-state index >= 15 is 0 Å². The van der Waals surface area contributed by atoms with Crippen molar-refractivity contribution in [1.29, 1.82) is 0 Å². The third-order valence-corrected chi connectivity index (χ3v) is 5.27. The Hall–Kier alpha value is -2.73. The molecule has 144 valence electrons. The maximum atomic E-state index is 12.6. The van der Waals surface area contributed by atoms with Gasteiger partial charge in [-0.05, 0) is 37.3 Å². The van der Waals surface area contributed by atoms with Crippen molar-refractivity contribution in [3.63, 3.8) is 0 Å². The highest BCUT2D eigenvalue weighted by Gasteiger charge is 2.29. The van der Waals surface area contributed by atoms with Crippen molar-refractivity contribution < 1.29 is 19.5 Å². The SMILES string of the molecule is COc1ccccc1CNC(=O)[C@@H](C)[NH+]1CCN(c2ccc(O)cc2)CC1. The lowest BCUT2D eigenvalue weighted by Gasteiger charge is -2.36. The predicted octanol–water partition coefficient (Wildman–Crippen LogP) is 0.811. The summed E-state index contributed by atoms with van der Waals surface area (Å²) >= 11 is 0. The molecular formula is C21H28N3O3+. The first kappa shape index (κ1) is 19.0. The lowest BCUT2D eigenvalue weighted by Crippen LogP contribution is -3.19. The zero-order valence-electron chi connectivity index (χ0n) is 15.9. The molecule has 0 unspecified atom stereocenters. The van der Waals surface area contributed by atoms with Crippen molar-refractivity contribution >= 4 is 11.6 Å². The average molecular weight is 370 g/mol. The fourth-order valence-electron chi connectivity index (χ4n) is 3.52. The summed E-state index contributed by atoms with van der Waals surface area (Å²) in [6.07, 6.45) is 0. The normalized spacial score (nSPS) is 16.0. The van der Waals surface area contributed by atoms with Gasteiger partial charge in [0.25, 0.3) is 5.91 Å². The van der Waals surface area contributed by atoms with E-state index in [0.29, 0.717) is 6.54 Å². The smallest absolute Gasteiger partial charge is 0.278 e. The Morgan fingerprint density at radius 1 is 1.19 bits per heavy atom. The monoisotopic (exact) mass is 370 g/mol. The fraction of sp³-hybridized carbons (Fsp3) is 0.381. The number of amides is 1. The van der Waals surface area contributed by atoms with Crippen LogP contribution in [0, 0.1) is 0 Å². The van der Waals surface area contributed by atoms with E-state index in [-0.39, 0.29) is 17.7 Å². The molecule has 0 saturated carbocycles. The van der Waals surface area contributed by atoms with Crippen LogP contribution in [0.4, 0.5) is 5.69 Å². The highest BCUT2D eigenvalue weighted by molar-refractivity contribution is 5.80. The molecule has 2 aromatic rings. The number of nitrogens with one attached hydrogen (secondary N) is 2. The molecule has 0 radical (unpaired) electrons. The van der Waals surface area contributed by atoms with E-state index in [0.717, 1.165) is 43.2 Å².